The summed E-state index contributed by atoms with van der Waals surface area (Å²) < 4.78 is 52.5. The van der Waals surface area contributed by atoms with E-state index in [0.717, 1.165) is 29.5 Å². The summed E-state index contributed by atoms with van der Waals surface area (Å²) in [5, 5.41) is 4.13. The Labute approximate surface area is 190 Å². The second-order valence-corrected chi connectivity index (χ2v) is 8.03. The first kappa shape index (κ1) is 22.1. The molecule has 5 rings (SSSR count). The van der Waals surface area contributed by atoms with Crippen LogP contribution in [0.3, 0.4) is 0 Å². The number of benzene rings is 2. The summed E-state index contributed by atoms with van der Waals surface area (Å²) in [5.74, 6) is -0.0203. The van der Waals surface area contributed by atoms with Gasteiger partial charge in [0.2, 0.25) is 11.7 Å². The molecule has 1 aliphatic rings. The van der Waals surface area contributed by atoms with Gasteiger partial charge in [0.25, 0.3) is 5.56 Å². The smallest absolute Gasteiger partial charge is 0.376 e. The lowest BCUT2D eigenvalue weighted by Crippen LogP contribution is -2.42. The lowest BCUT2D eigenvalue weighted by atomic mass is 10.1. The molecule has 11 heteroatoms. The Morgan fingerprint density at radius 2 is 1.88 bits per heavy atom. The Bertz CT molecular complexity index is 1470. The van der Waals surface area contributed by atoms with Crippen LogP contribution >= 0.6 is 0 Å². The van der Waals surface area contributed by atoms with Crippen molar-refractivity contribution in [2.45, 2.75) is 38.2 Å². The van der Waals surface area contributed by atoms with Crippen molar-refractivity contribution in [2.24, 2.45) is 0 Å². The SMILES string of the molecule is O=c1c2ccccc2n(Cc2nc(-c3cccc(C(F)(F)F)c3)no2)c(=O)n1C[C@@H]1CCCO1. The summed E-state index contributed by atoms with van der Waals surface area (Å²) in [4.78, 5) is 30.5. The molecule has 2 aromatic heterocycles. The van der Waals surface area contributed by atoms with Gasteiger partial charge in [-0.1, -0.05) is 29.4 Å². The molecular weight excluding hydrogens is 453 g/mol. The molecule has 34 heavy (non-hydrogen) atoms. The first-order valence-electron chi connectivity index (χ1n) is 10.7. The number of rotatable bonds is 5. The van der Waals surface area contributed by atoms with Gasteiger partial charge in [0.05, 0.1) is 29.1 Å². The molecule has 0 saturated carbocycles. The zero-order valence-electron chi connectivity index (χ0n) is 17.8. The van der Waals surface area contributed by atoms with E-state index in [9.17, 15) is 22.8 Å². The van der Waals surface area contributed by atoms with Gasteiger partial charge in [-0.05, 0) is 37.1 Å². The molecule has 1 aliphatic heterocycles. The van der Waals surface area contributed by atoms with Crippen molar-refractivity contribution >= 4 is 10.9 Å². The first-order chi connectivity index (χ1) is 16.3. The van der Waals surface area contributed by atoms with Crippen LogP contribution in [-0.4, -0.2) is 32.0 Å². The molecule has 0 radical (unpaired) electrons. The van der Waals surface area contributed by atoms with Crippen LogP contribution < -0.4 is 11.2 Å². The highest BCUT2D eigenvalue weighted by Gasteiger charge is 2.31. The van der Waals surface area contributed by atoms with Crippen LogP contribution in [0.1, 0.15) is 24.3 Å². The molecule has 1 saturated heterocycles. The van der Waals surface area contributed by atoms with E-state index in [1.54, 1.807) is 24.3 Å². The number of para-hydroxylation sites is 1. The Morgan fingerprint density at radius 1 is 1.06 bits per heavy atom. The Kier molecular flexibility index (Phi) is 5.56. The van der Waals surface area contributed by atoms with E-state index in [0.29, 0.717) is 17.5 Å². The summed E-state index contributed by atoms with van der Waals surface area (Å²) >= 11 is 0. The molecule has 0 bridgehead atoms. The standard InChI is InChI=1S/C23H19F3N4O4/c24-23(25,26)15-6-3-5-14(11-15)20-27-19(34-28-20)13-29-18-9-2-1-8-17(18)21(31)30(22(29)32)12-16-7-4-10-33-16/h1-3,5-6,8-9,11,16H,4,7,10,12-13H2/t16-/m0/s1. The maximum absolute atomic E-state index is 13.3. The number of aromatic nitrogens is 4. The number of nitrogens with zero attached hydrogens (tertiary/aromatic N) is 4. The fourth-order valence-electron chi connectivity index (χ4n) is 4.08. The molecule has 3 heterocycles. The maximum Gasteiger partial charge on any atom is 0.416 e. The van der Waals surface area contributed by atoms with Crippen molar-refractivity contribution < 1.29 is 22.4 Å². The summed E-state index contributed by atoms with van der Waals surface area (Å²) in [6, 6.07) is 11.2. The van der Waals surface area contributed by atoms with E-state index in [4.69, 9.17) is 9.26 Å². The summed E-state index contributed by atoms with van der Waals surface area (Å²) in [7, 11) is 0. The average molecular weight is 472 g/mol. The Hall–Kier alpha value is -3.73. The normalized spacial score (nSPS) is 16.4. The van der Waals surface area contributed by atoms with Gasteiger partial charge in [0, 0.05) is 12.2 Å². The van der Waals surface area contributed by atoms with Gasteiger partial charge < -0.3 is 9.26 Å². The third kappa shape index (κ3) is 4.14. The van der Waals surface area contributed by atoms with Gasteiger partial charge >= 0.3 is 11.9 Å². The molecule has 1 atom stereocenters. The second kappa shape index (κ2) is 8.56. The molecule has 2 aromatic carbocycles. The van der Waals surface area contributed by atoms with Gasteiger partial charge in [0.15, 0.2) is 0 Å². The van der Waals surface area contributed by atoms with Crippen LogP contribution in [-0.2, 0) is 24.0 Å². The van der Waals surface area contributed by atoms with E-state index >= 15 is 0 Å². The van der Waals surface area contributed by atoms with Crippen LogP contribution in [0.5, 0.6) is 0 Å². The van der Waals surface area contributed by atoms with Crippen molar-refractivity contribution in [3.8, 4) is 11.4 Å². The summed E-state index contributed by atoms with van der Waals surface area (Å²) in [6.45, 7) is 0.556. The molecule has 0 aliphatic carbocycles. The highest BCUT2D eigenvalue weighted by Crippen LogP contribution is 2.31. The minimum absolute atomic E-state index is 0.0157. The minimum atomic E-state index is -4.51. The van der Waals surface area contributed by atoms with Gasteiger partial charge in [-0.15, -0.1) is 0 Å². The van der Waals surface area contributed by atoms with Crippen LogP contribution in [0.15, 0.2) is 62.6 Å². The number of ether oxygens (including phenoxy) is 1. The largest absolute Gasteiger partial charge is 0.416 e. The van der Waals surface area contributed by atoms with Crippen molar-refractivity contribution in [3.05, 3.63) is 80.8 Å². The molecular formula is C23H19F3N4O4. The maximum atomic E-state index is 13.3. The van der Waals surface area contributed by atoms with Crippen LogP contribution in [0, 0.1) is 0 Å². The fourth-order valence-corrected chi connectivity index (χ4v) is 4.08. The van der Waals surface area contributed by atoms with Gasteiger partial charge in [0.1, 0.15) is 6.54 Å². The fraction of sp³-hybridized carbons (Fsp3) is 0.304. The molecule has 0 N–H and O–H groups in total. The van der Waals surface area contributed by atoms with Crippen molar-refractivity contribution in [3.63, 3.8) is 0 Å². The number of fused-ring (bicyclic) bond motifs is 1. The molecule has 0 unspecified atom stereocenters. The van der Waals surface area contributed by atoms with E-state index in [-0.39, 0.29) is 36.5 Å². The highest BCUT2D eigenvalue weighted by molar-refractivity contribution is 5.77. The average Bonchev–Trinajstić information content (AvgIpc) is 3.51. The molecule has 176 valence electrons. The third-order valence-corrected chi connectivity index (χ3v) is 5.75. The molecule has 8 nitrogen and oxygen atoms in total. The number of hydrogen-bond donors (Lipinski definition) is 0. The van der Waals surface area contributed by atoms with Crippen LogP contribution in [0.4, 0.5) is 13.2 Å². The molecule has 0 spiro atoms. The zero-order chi connectivity index (χ0) is 23.9. The van der Waals surface area contributed by atoms with Gasteiger partial charge in [-0.25, -0.2) is 4.79 Å². The van der Waals surface area contributed by atoms with E-state index < -0.39 is 23.0 Å². The second-order valence-electron chi connectivity index (χ2n) is 8.03. The van der Waals surface area contributed by atoms with E-state index in [2.05, 4.69) is 10.1 Å². The summed E-state index contributed by atoms with van der Waals surface area (Å²) in [5.41, 5.74) is -1.29. The zero-order valence-corrected chi connectivity index (χ0v) is 17.8. The van der Waals surface area contributed by atoms with Crippen molar-refractivity contribution in [2.75, 3.05) is 6.61 Å². The lowest BCUT2D eigenvalue weighted by Gasteiger charge is -2.15. The molecule has 1 fully saturated rings. The topological polar surface area (TPSA) is 92.2 Å². The van der Waals surface area contributed by atoms with E-state index in [1.165, 1.54) is 16.7 Å². The highest BCUT2D eigenvalue weighted by atomic mass is 19.4. The third-order valence-electron chi connectivity index (χ3n) is 5.75. The lowest BCUT2D eigenvalue weighted by molar-refractivity contribution is -0.137. The van der Waals surface area contributed by atoms with Gasteiger partial charge in [-0.2, -0.15) is 18.2 Å². The van der Waals surface area contributed by atoms with Crippen molar-refractivity contribution in [1.29, 1.82) is 0 Å². The molecule has 0 amide bonds. The quantitative estimate of drug-likeness (QED) is 0.442. The monoisotopic (exact) mass is 472 g/mol. The first-order valence-corrected chi connectivity index (χ1v) is 10.7. The minimum Gasteiger partial charge on any atom is -0.376 e. The number of alkyl halides is 3. The molecule has 4 aromatic rings. The Morgan fingerprint density at radius 3 is 2.65 bits per heavy atom. The van der Waals surface area contributed by atoms with Crippen LogP contribution in [0.2, 0.25) is 0 Å². The van der Waals surface area contributed by atoms with E-state index in [1.807, 2.05) is 0 Å². The predicted molar refractivity (Wildman–Crippen MR) is 115 cm³/mol. The Balaban J connectivity index is 1.53. The van der Waals surface area contributed by atoms with Gasteiger partial charge in [-0.3, -0.25) is 13.9 Å². The predicted octanol–water partition coefficient (Wildman–Crippen LogP) is 3.46. The summed E-state index contributed by atoms with van der Waals surface area (Å²) in [6.07, 6.45) is -3.12. The van der Waals surface area contributed by atoms with Crippen molar-refractivity contribution in [1.82, 2.24) is 19.3 Å². The number of hydrogen-bond acceptors (Lipinski definition) is 6. The van der Waals surface area contributed by atoms with Crippen LogP contribution in [0.25, 0.3) is 22.3 Å². The number of halogens is 3.